The highest BCUT2D eigenvalue weighted by atomic mass is 35.5. The number of carbonyl (C=O) groups is 1. The summed E-state index contributed by atoms with van der Waals surface area (Å²) in [5.74, 6) is 0.734. The predicted octanol–water partition coefficient (Wildman–Crippen LogP) is 5.78. The van der Waals surface area contributed by atoms with Gasteiger partial charge in [-0.3, -0.25) is 4.79 Å². The van der Waals surface area contributed by atoms with Crippen LogP contribution in [0.25, 0.3) is 0 Å². The van der Waals surface area contributed by atoms with Gasteiger partial charge in [-0.1, -0.05) is 71.8 Å². The summed E-state index contributed by atoms with van der Waals surface area (Å²) in [6, 6.07) is 29.8. The molecule has 1 amide bonds. The molecule has 0 unspecified atom stereocenters. The lowest BCUT2D eigenvalue weighted by molar-refractivity contribution is -0.121. The fourth-order valence-corrected chi connectivity index (χ4v) is 5.05. The van der Waals surface area contributed by atoms with Gasteiger partial charge in [-0.05, 0) is 66.6 Å². The van der Waals surface area contributed by atoms with Crippen LogP contribution in [0.5, 0.6) is 11.5 Å². The predicted molar refractivity (Wildman–Crippen MR) is 149 cm³/mol. The minimum Gasteiger partial charge on any atom is -0.457 e. The second kappa shape index (κ2) is 12.5. The molecule has 4 rings (SSSR count). The normalized spacial score (nSPS) is 11.6. The van der Waals surface area contributed by atoms with Crippen LogP contribution in [0.4, 0.5) is 0 Å². The molecule has 0 spiro atoms. The highest BCUT2D eigenvalue weighted by Crippen LogP contribution is 2.22. The third-order valence-corrected chi connectivity index (χ3v) is 7.55. The lowest BCUT2D eigenvalue weighted by Gasteiger charge is -2.21. The molecule has 0 heterocycles. The van der Waals surface area contributed by atoms with Crippen LogP contribution in [0, 0.1) is 6.92 Å². The molecule has 0 saturated carbocycles. The van der Waals surface area contributed by atoms with Crippen LogP contribution in [0.3, 0.4) is 0 Å². The Morgan fingerprint density at radius 3 is 2.32 bits per heavy atom. The van der Waals surface area contributed by atoms with Gasteiger partial charge in [0.2, 0.25) is 10.0 Å². The van der Waals surface area contributed by atoms with E-state index in [-0.39, 0.29) is 11.4 Å². The first-order valence-electron chi connectivity index (χ1n) is 11.8. The van der Waals surface area contributed by atoms with Crippen molar-refractivity contribution >= 4 is 33.7 Å². The lowest BCUT2D eigenvalue weighted by Crippen LogP contribution is -2.39. The summed E-state index contributed by atoms with van der Waals surface area (Å²) in [7, 11) is -3.96. The number of nitrogens with one attached hydrogen (secondary N) is 1. The van der Waals surface area contributed by atoms with E-state index in [4.69, 9.17) is 16.3 Å². The van der Waals surface area contributed by atoms with Crippen molar-refractivity contribution in [3.63, 3.8) is 0 Å². The van der Waals surface area contributed by atoms with Crippen molar-refractivity contribution < 1.29 is 17.9 Å². The number of para-hydroxylation sites is 1. The van der Waals surface area contributed by atoms with Crippen molar-refractivity contribution in [2.75, 3.05) is 6.54 Å². The van der Waals surface area contributed by atoms with Crippen LogP contribution >= 0.6 is 11.6 Å². The van der Waals surface area contributed by atoms with E-state index in [0.29, 0.717) is 27.6 Å². The molecule has 0 atom stereocenters. The van der Waals surface area contributed by atoms with Crippen LogP contribution in [0.2, 0.25) is 5.02 Å². The van der Waals surface area contributed by atoms with E-state index in [1.165, 1.54) is 18.3 Å². The highest BCUT2D eigenvalue weighted by Gasteiger charge is 2.27. The quantitative estimate of drug-likeness (QED) is 0.201. The van der Waals surface area contributed by atoms with Gasteiger partial charge < -0.3 is 4.74 Å². The third-order valence-electron chi connectivity index (χ3n) is 5.49. The Balaban J connectivity index is 1.45. The molecule has 0 bridgehead atoms. The number of hydrazone groups is 1. The second-order valence-electron chi connectivity index (χ2n) is 8.49. The zero-order chi connectivity index (χ0) is 27.0. The van der Waals surface area contributed by atoms with Crippen molar-refractivity contribution in [1.29, 1.82) is 0 Å². The first-order valence-corrected chi connectivity index (χ1v) is 13.6. The van der Waals surface area contributed by atoms with E-state index in [2.05, 4.69) is 10.5 Å². The van der Waals surface area contributed by atoms with Crippen molar-refractivity contribution in [3.8, 4) is 11.5 Å². The monoisotopic (exact) mass is 547 g/mol. The fraction of sp³-hybridized carbons (Fsp3) is 0.103. The summed E-state index contributed by atoms with van der Waals surface area (Å²) in [6.07, 6.45) is 1.47. The Hall–Kier alpha value is -3.98. The van der Waals surface area contributed by atoms with E-state index >= 15 is 0 Å². The average molecular weight is 548 g/mol. The van der Waals surface area contributed by atoms with Gasteiger partial charge in [0.05, 0.1) is 17.7 Å². The van der Waals surface area contributed by atoms with Gasteiger partial charge in [-0.15, -0.1) is 0 Å². The first-order chi connectivity index (χ1) is 18.3. The van der Waals surface area contributed by atoms with Crippen molar-refractivity contribution in [1.82, 2.24) is 9.73 Å². The molecular formula is C29H26ClN3O4S. The molecule has 4 aromatic carbocycles. The summed E-state index contributed by atoms with van der Waals surface area (Å²) in [4.78, 5) is 12.9. The van der Waals surface area contributed by atoms with Gasteiger partial charge >= 0.3 is 0 Å². The van der Waals surface area contributed by atoms with Crippen LogP contribution < -0.4 is 10.2 Å². The maximum absolute atomic E-state index is 13.4. The average Bonchev–Trinajstić information content (AvgIpc) is 2.90. The first kappa shape index (κ1) is 27.1. The number of hydrogen-bond donors (Lipinski definition) is 1. The zero-order valence-electron chi connectivity index (χ0n) is 20.6. The minimum absolute atomic E-state index is 0.0105. The van der Waals surface area contributed by atoms with E-state index in [0.717, 1.165) is 9.87 Å². The number of carbonyl (C=O) groups excluding carboxylic acids is 1. The van der Waals surface area contributed by atoms with Crippen molar-refractivity contribution in [2.45, 2.75) is 18.4 Å². The van der Waals surface area contributed by atoms with Crippen molar-refractivity contribution in [2.24, 2.45) is 5.10 Å². The topological polar surface area (TPSA) is 88.1 Å². The molecule has 7 nitrogen and oxygen atoms in total. The minimum atomic E-state index is -3.96. The molecule has 0 aliphatic rings. The number of aryl methyl sites for hydroxylation is 1. The van der Waals surface area contributed by atoms with Gasteiger partial charge in [0.15, 0.2) is 0 Å². The highest BCUT2D eigenvalue weighted by molar-refractivity contribution is 7.89. The van der Waals surface area contributed by atoms with Crippen LogP contribution in [0.1, 0.15) is 16.7 Å². The molecule has 0 saturated heterocycles. The standard InChI is InChI=1S/C29H26ClN3O4S/c1-22-10-16-28(17-11-22)38(35,36)33(20-23-12-14-25(30)15-13-23)21-29(34)32-31-19-24-6-5-9-27(18-24)37-26-7-3-2-4-8-26/h2-19H,20-21H2,1H3,(H,32,34)/b31-19-. The number of hydrogen-bond acceptors (Lipinski definition) is 5. The van der Waals surface area contributed by atoms with Crippen LogP contribution in [0.15, 0.2) is 113 Å². The largest absolute Gasteiger partial charge is 0.457 e. The van der Waals surface area contributed by atoms with E-state index in [1.54, 1.807) is 42.5 Å². The Morgan fingerprint density at radius 2 is 1.61 bits per heavy atom. The van der Waals surface area contributed by atoms with Gasteiger partial charge in [-0.2, -0.15) is 9.41 Å². The Labute approximate surface area is 227 Å². The molecule has 0 fully saturated rings. The van der Waals surface area contributed by atoms with Crippen LogP contribution in [-0.2, 0) is 21.4 Å². The molecule has 38 heavy (non-hydrogen) atoms. The summed E-state index contributed by atoms with van der Waals surface area (Å²) >= 11 is 5.97. The number of sulfonamides is 1. The second-order valence-corrected chi connectivity index (χ2v) is 10.9. The molecule has 4 aromatic rings. The Bertz CT molecular complexity index is 1510. The molecule has 194 valence electrons. The molecular weight excluding hydrogens is 522 g/mol. The maximum atomic E-state index is 13.4. The summed E-state index contributed by atoms with van der Waals surface area (Å²) in [6.45, 7) is 1.44. The maximum Gasteiger partial charge on any atom is 0.255 e. The number of benzene rings is 4. The molecule has 0 radical (unpaired) electrons. The van der Waals surface area contributed by atoms with Gasteiger partial charge in [0.1, 0.15) is 11.5 Å². The van der Waals surface area contributed by atoms with Gasteiger partial charge in [-0.25, -0.2) is 13.8 Å². The lowest BCUT2D eigenvalue weighted by atomic mass is 10.2. The molecule has 0 aliphatic heterocycles. The number of amides is 1. The molecule has 0 aromatic heterocycles. The SMILES string of the molecule is Cc1ccc(S(=O)(=O)N(CC(=O)N/N=C\c2cccc(Oc3ccccc3)c2)Cc2ccc(Cl)cc2)cc1. The van der Waals surface area contributed by atoms with Crippen LogP contribution in [-0.4, -0.2) is 31.4 Å². The summed E-state index contributed by atoms with van der Waals surface area (Å²) < 4.78 is 33.7. The Kier molecular flexibility index (Phi) is 8.91. The number of ether oxygens (including phenoxy) is 1. The van der Waals surface area contributed by atoms with Gasteiger partial charge in [0, 0.05) is 11.6 Å². The number of nitrogens with zero attached hydrogens (tertiary/aromatic N) is 2. The number of halogens is 1. The van der Waals surface area contributed by atoms with E-state index in [9.17, 15) is 13.2 Å². The zero-order valence-corrected chi connectivity index (χ0v) is 22.2. The molecule has 0 aliphatic carbocycles. The molecule has 9 heteroatoms. The van der Waals surface area contributed by atoms with Gasteiger partial charge in [0.25, 0.3) is 5.91 Å². The summed E-state index contributed by atoms with van der Waals surface area (Å²) in [5.41, 5.74) is 4.74. The van der Waals surface area contributed by atoms with E-state index in [1.807, 2.05) is 55.5 Å². The smallest absolute Gasteiger partial charge is 0.255 e. The number of rotatable bonds is 10. The van der Waals surface area contributed by atoms with E-state index < -0.39 is 22.5 Å². The Morgan fingerprint density at radius 1 is 0.921 bits per heavy atom. The molecule has 1 N–H and O–H groups in total. The fourth-order valence-electron chi connectivity index (χ4n) is 3.54. The van der Waals surface area contributed by atoms with Crippen molar-refractivity contribution in [3.05, 3.63) is 125 Å². The third kappa shape index (κ3) is 7.52. The summed E-state index contributed by atoms with van der Waals surface area (Å²) in [5, 5.41) is 4.54.